The number of rotatable bonds is 3. The number of nitriles is 1. The zero-order chi connectivity index (χ0) is 11.0. The lowest BCUT2D eigenvalue weighted by molar-refractivity contribution is -0.113. The van der Waals surface area contributed by atoms with Gasteiger partial charge in [-0.25, -0.2) is 4.79 Å². The Kier molecular flexibility index (Phi) is 5.46. The molecule has 2 N–H and O–H groups in total. The van der Waals surface area contributed by atoms with Gasteiger partial charge in [0.15, 0.2) is 0 Å². The van der Waals surface area contributed by atoms with Crippen molar-refractivity contribution >= 4 is 17.6 Å². The summed E-state index contributed by atoms with van der Waals surface area (Å²) in [5, 5.41) is 15.6. The van der Waals surface area contributed by atoms with Gasteiger partial charge in [-0.1, -0.05) is 5.16 Å². The second-order valence-electron chi connectivity index (χ2n) is 1.94. The summed E-state index contributed by atoms with van der Waals surface area (Å²) in [7, 11) is 1.18. The van der Waals surface area contributed by atoms with E-state index in [-0.39, 0.29) is 6.54 Å². The van der Waals surface area contributed by atoms with Crippen molar-refractivity contribution in [2.75, 3.05) is 13.7 Å². The van der Waals surface area contributed by atoms with Crippen LogP contribution in [0.5, 0.6) is 0 Å². The fourth-order valence-corrected chi connectivity index (χ4v) is 0.524. The molecule has 7 heteroatoms. The van der Waals surface area contributed by atoms with Gasteiger partial charge in [-0.15, -0.1) is 0 Å². The quantitative estimate of drug-likeness (QED) is 0.455. The van der Waals surface area contributed by atoms with Gasteiger partial charge in [0.25, 0.3) is 5.91 Å². The highest BCUT2D eigenvalue weighted by molar-refractivity contribution is 6.46. The number of nitrogens with zero attached hydrogens (tertiary/aromatic N) is 2. The average Bonchev–Trinajstić information content (AvgIpc) is 2.14. The highest BCUT2D eigenvalue weighted by Crippen LogP contribution is 1.79. The largest absolute Gasteiger partial charge is 0.398 e. The average molecular weight is 197 g/mol. The summed E-state index contributed by atoms with van der Waals surface area (Å²) in [6, 6.07) is 0.721. The van der Waals surface area contributed by atoms with Crippen molar-refractivity contribution in [3.05, 3.63) is 6.92 Å². The van der Waals surface area contributed by atoms with Gasteiger partial charge in [0.1, 0.15) is 13.2 Å². The lowest BCUT2D eigenvalue weighted by Crippen LogP contribution is -2.42. The molecule has 1 radical (unpaired) electrons. The maximum Gasteiger partial charge on any atom is 0.321 e. The number of hydrogen-bond acceptors (Lipinski definition) is 5. The molecule has 0 aliphatic heterocycles. The first-order chi connectivity index (χ1) is 6.65. The number of urea groups is 1. The van der Waals surface area contributed by atoms with Crippen LogP contribution in [0.3, 0.4) is 0 Å². The van der Waals surface area contributed by atoms with E-state index in [1.54, 1.807) is 0 Å². The minimum atomic E-state index is -0.930. The number of carbonyl (C=O) groups is 2. The monoisotopic (exact) mass is 197 g/mol. The summed E-state index contributed by atoms with van der Waals surface area (Å²) in [4.78, 5) is 26.0. The van der Waals surface area contributed by atoms with Gasteiger partial charge in [-0.2, -0.15) is 5.26 Å². The van der Waals surface area contributed by atoms with E-state index >= 15 is 0 Å². The Labute approximate surface area is 80.7 Å². The molecule has 3 amide bonds. The minimum absolute atomic E-state index is 0.127. The van der Waals surface area contributed by atoms with Crippen molar-refractivity contribution < 1.29 is 14.4 Å². The first-order valence-electron chi connectivity index (χ1n) is 3.55. The van der Waals surface area contributed by atoms with Crippen molar-refractivity contribution in [1.29, 1.82) is 5.26 Å². The van der Waals surface area contributed by atoms with Gasteiger partial charge in [-0.3, -0.25) is 10.1 Å². The molecule has 0 spiro atoms. The molecule has 0 bridgehead atoms. The minimum Gasteiger partial charge on any atom is -0.398 e. The lowest BCUT2D eigenvalue weighted by atomic mass is 10.4. The molecule has 0 aliphatic carbocycles. The summed E-state index contributed by atoms with van der Waals surface area (Å²) in [6.07, 6.45) is 0. The van der Waals surface area contributed by atoms with E-state index in [9.17, 15) is 9.59 Å². The van der Waals surface area contributed by atoms with Gasteiger partial charge in [0, 0.05) is 6.54 Å². The van der Waals surface area contributed by atoms with E-state index in [1.165, 1.54) is 13.2 Å². The smallest absolute Gasteiger partial charge is 0.321 e. The summed E-state index contributed by atoms with van der Waals surface area (Å²) >= 11 is 0. The summed E-state index contributed by atoms with van der Waals surface area (Å²) in [5.41, 5.74) is -0.535. The summed E-state index contributed by atoms with van der Waals surface area (Å²) in [5.74, 6) is -0.930. The van der Waals surface area contributed by atoms with Crippen LogP contribution in [0.15, 0.2) is 5.16 Å². The van der Waals surface area contributed by atoms with E-state index in [0.29, 0.717) is 0 Å². The molecule has 0 aromatic rings. The van der Waals surface area contributed by atoms with Gasteiger partial charge in [0.05, 0.1) is 0 Å². The number of hydrogen-bond donors (Lipinski definition) is 2. The molecule has 0 aromatic carbocycles. The molecule has 0 aromatic heterocycles. The van der Waals surface area contributed by atoms with Crippen molar-refractivity contribution in [3.8, 4) is 6.07 Å². The second kappa shape index (κ2) is 6.42. The molecule has 0 rings (SSSR count). The molecule has 0 unspecified atom stereocenters. The van der Waals surface area contributed by atoms with Crippen LogP contribution in [0.25, 0.3) is 0 Å². The number of amides is 3. The van der Waals surface area contributed by atoms with Crippen molar-refractivity contribution in [2.45, 2.75) is 0 Å². The number of oxime groups is 1. The van der Waals surface area contributed by atoms with E-state index in [2.05, 4.69) is 22.2 Å². The van der Waals surface area contributed by atoms with Gasteiger partial charge in [-0.05, 0) is 6.92 Å². The van der Waals surface area contributed by atoms with Crippen LogP contribution >= 0.6 is 0 Å². The first-order valence-corrected chi connectivity index (χ1v) is 3.55. The third-order valence-electron chi connectivity index (χ3n) is 1.02. The van der Waals surface area contributed by atoms with Crippen LogP contribution in [0.4, 0.5) is 4.79 Å². The molecule has 0 aliphatic rings. The van der Waals surface area contributed by atoms with E-state index in [1.807, 2.05) is 5.32 Å². The third-order valence-corrected chi connectivity index (χ3v) is 1.02. The maximum absolute atomic E-state index is 11.0. The molecule has 75 valence electrons. The van der Waals surface area contributed by atoms with Gasteiger partial charge in [0.2, 0.25) is 5.71 Å². The fourth-order valence-electron chi connectivity index (χ4n) is 0.524. The van der Waals surface area contributed by atoms with E-state index in [0.717, 1.165) is 0 Å². The highest BCUT2D eigenvalue weighted by Gasteiger charge is 2.14. The van der Waals surface area contributed by atoms with Gasteiger partial charge < -0.3 is 10.2 Å². The Morgan fingerprint density at radius 1 is 1.64 bits per heavy atom. The Morgan fingerprint density at radius 3 is 2.71 bits per heavy atom. The Balaban J connectivity index is 4.27. The first kappa shape index (κ1) is 11.9. The molecule has 0 saturated carbocycles. The zero-order valence-corrected chi connectivity index (χ0v) is 7.53. The SMILES string of the molecule is [CH2]CNC(=O)NC(=O)C(C#N)=NOC. The van der Waals surface area contributed by atoms with Crippen LogP contribution in [-0.2, 0) is 9.63 Å². The highest BCUT2D eigenvalue weighted by atomic mass is 16.6. The standard InChI is InChI=1S/C7H9N4O3/c1-3-9-7(13)10-6(12)5(4-8)11-14-2/h1,3H2,2H3,(H2,9,10,12,13). The Morgan fingerprint density at radius 2 is 2.29 bits per heavy atom. The number of nitrogens with one attached hydrogen (secondary N) is 2. The van der Waals surface area contributed by atoms with E-state index < -0.39 is 17.6 Å². The Bertz CT molecular complexity index is 292. The molecule has 14 heavy (non-hydrogen) atoms. The van der Waals surface area contributed by atoms with E-state index in [4.69, 9.17) is 5.26 Å². The lowest BCUT2D eigenvalue weighted by Gasteiger charge is -2.01. The number of imide groups is 1. The van der Waals surface area contributed by atoms with Crippen LogP contribution in [0, 0.1) is 18.3 Å². The Hall–Kier alpha value is -2.10. The molecular weight excluding hydrogens is 188 g/mol. The normalized spacial score (nSPS) is 9.93. The topological polar surface area (TPSA) is 104 Å². The van der Waals surface area contributed by atoms with Crippen molar-refractivity contribution in [3.63, 3.8) is 0 Å². The predicted molar refractivity (Wildman–Crippen MR) is 47.0 cm³/mol. The summed E-state index contributed by atoms with van der Waals surface area (Å²) in [6.45, 7) is 3.46. The molecule has 0 saturated heterocycles. The number of carbonyl (C=O) groups excluding carboxylic acids is 2. The van der Waals surface area contributed by atoms with Crippen LogP contribution < -0.4 is 10.6 Å². The molecule has 0 fully saturated rings. The predicted octanol–water partition coefficient (Wildman–Crippen LogP) is -0.828. The van der Waals surface area contributed by atoms with Crippen LogP contribution in [0.2, 0.25) is 0 Å². The molecule has 0 atom stereocenters. The summed E-state index contributed by atoms with van der Waals surface area (Å²) < 4.78 is 0. The second-order valence-corrected chi connectivity index (χ2v) is 1.94. The zero-order valence-electron chi connectivity index (χ0n) is 7.53. The molecule has 0 heterocycles. The van der Waals surface area contributed by atoms with Crippen LogP contribution in [-0.4, -0.2) is 31.3 Å². The third kappa shape index (κ3) is 4.06. The maximum atomic E-state index is 11.0. The fraction of sp³-hybridized carbons (Fsp3) is 0.286. The molecular formula is C7H9N4O3. The van der Waals surface area contributed by atoms with Crippen molar-refractivity contribution in [1.82, 2.24) is 10.6 Å². The van der Waals surface area contributed by atoms with Gasteiger partial charge >= 0.3 is 6.03 Å². The molecule has 7 nitrogen and oxygen atoms in total. The van der Waals surface area contributed by atoms with Crippen molar-refractivity contribution in [2.24, 2.45) is 5.16 Å². The van der Waals surface area contributed by atoms with Crippen LogP contribution in [0.1, 0.15) is 0 Å².